The van der Waals surface area contributed by atoms with Crippen molar-refractivity contribution in [1.29, 1.82) is 0 Å². The molecule has 0 spiro atoms. The molecule has 128 valence electrons. The Morgan fingerprint density at radius 3 is 2.36 bits per heavy atom. The number of carbonyl (C=O) groups is 1. The van der Waals surface area contributed by atoms with E-state index in [0.717, 1.165) is 11.3 Å². The Hall–Kier alpha value is -3.28. The van der Waals surface area contributed by atoms with E-state index in [1.165, 1.54) is 0 Å². The molecule has 0 bridgehead atoms. The number of ether oxygens (including phenoxy) is 2. The lowest BCUT2D eigenvalue weighted by Gasteiger charge is -2.08. The first-order valence-corrected chi connectivity index (χ1v) is 7.82. The number of nitrogens with one attached hydrogen (secondary N) is 1. The first kappa shape index (κ1) is 16.6. The Balaban J connectivity index is 1.45. The molecule has 0 aliphatic rings. The molecule has 0 aliphatic carbocycles. The summed E-state index contributed by atoms with van der Waals surface area (Å²) in [4.78, 5) is 11.8. The molecule has 2 aromatic carbocycles. The van der Waals surface area contributed by atoms with Crippen molar-refractivity contribution in [3.05, 3.63) is 72.0 Å². The third-order valence-corrected chi connectivity index (χ3v) is 3.34. The van der Waals surface area contributed by atoms with Crippen LogP contribution in [0.3, 0.4) is 0 Å². The number of hydrogen-bond donors (Lipinski definition) is 1. The fourth-order valence-electron chi connectivity index (χ4n) is 2.13. The summed E-state index contributed by atoms with van der Waals surface area (Å²) < 4.78 is 16.0. The van der Waals surface area contributed by atoms with Crippen molar-refractivity contribution >= 4 is 11.7 Å². The van der Waals surface area contributed by atoms with Gasteiger partial charge in [0.05, 0.1) is 0 Å². The van der Waals surface area contributed by atoms with E-state index < -0.39 is 0 Å². The monoisotopic (exact) mass is 338 g/mol. The lowest BCUT2D eigenvalue weighted by molar-refractivity contribution is -0.118. The van der Waals surface area contributed by atoms with Crippen molar-refractivity contribution < 1.29 is 18.8 Å². The lowest BCUT2D eigenvalue weighted by atomic mass is 10.2. The Morgan fingerprint density at radius 2 is 1.72 bits per heavy atom. The van der Waals surface area contributed by atoms with Crippen LogP contribution in [0.1, 0.15) is 11.3 Å². The van der Waals surface area contributed by atoms with Gasteiger partial charge in [-0.25, -0.2) is 0 Å². The summed E-state index contributed by atoms with van der Waals surface area (Å²) in [5.41, 5.74) is 1.10. The quantitative estimate of drug-likeness (QED) is 0.713. The van der Waals surface area contributed by atoms with Crippen LogP contribution >= 0.6 is 0 Å². The van der Waals surface area contributed by atoms with Gasteiger partial charge in [-0.3, -0.25) is 4.79 Å². The number of anilines is 1. The number of aromatic nitrogens is 1. The van der Waals surface area contributed by atoms with Gasteiger partial charge in [-0.1, -0.05) is 35.5 Å². The molecule has 3 rings (SSSR count). The van der Waals surface area contributed by atoms with E-state index in [1.54, 1.807) is 37.3 Å². The molecule has 0 saturated heterocycles. The highest BCUT2D eigenvalue weighted by Crippen LogP contribution is 2.18. The number of rotatable bonds is 7. The zero-order chi connectivity index (χ0) is 17.5. The Morgan fingerprint density at radius 1 is 1.04 bits per heavy atom. The molecule has 1 N–H and O–H groups in total. The smallest absolute Gasteiger partial charge is 0.263 e. The van der Waals surface area contributed by atoms with E-state index in [4.69, 9.17) is 14.0 Å². The number of hydrogen-bond acceptors (Lipinski definition) is 5. The van der Waals surface area contributed by atoms with Crippen LogP contribution in [0.5, 0.6) is 11.5 Å². The summed E-state index contributed by atoms with van der Waals surface area (Å²) in [7, 11) is 0. The molecular weight excluding hydrogens is 320 g/mol. The van der Waals surface area contributed by atoms with Crippen LogP contribution in [0.15, 0.2) is 65.2 Å². The predicted octanol–water partition coefficient (Wildman–Crippen LogP) is 3.58. The predicted molar refractivity (Wildman–Crippen MR) is 92.6 cm³/mol. The molecule has 1 aromatic heterocycles. The van der Waals surface area contributed by atoms with Gasteiger partial charge in [0.1, 0.15) is 23.9 Å². The average Bonchev–Trinajstić information content (AvgIpc) is 3.04. The molecule has 0 atom stereocenters. The summed E-state index contributed by atoms with van der Waals surface area (Å²) in [5.74, 6) is 2.01. The van der Waals surface area contributed by atoms with Crippen molar-refractivity contribution in [2.24, 2.45) is 0 Å². The minimum Gasteiger partial charge on any atom is -0.489 e. The van der Waals surface area contributed by atoms with E-state index in [1.807, 2.05) is 30.3 Å². The standard InChI is InChI=1S/C19H18N2O4/c1-14-11-18(21-25-14)20-19(22)13-24-17-9-7-16(8-10-17)23-12-15-5-3-2-4-6-15/h2-11H,12-13H2,1H3,(H,20,21,22). The second-order valence-corrected chi connectivity index (χ2v) is 5.41. The van der Waals surface area contributed by atoms with E-state index in [0.29, 0.717) is 23.9 Å². The van der Waals surface area contributed by atoms with Gasteiger partial charge in [0.15, 0.2) is 12.4 Å². The molecule has 1 heterocycles. The van der Waals surface area contributed by atoms with E-state index in [9.17, 15) is 4.79 Å². The molecule has 6 nitrogen and oxygen atoms in total. The molecular formula is C19H18N2O4. The lowest BCUT2D eigenvalue weighted by Crippen LogP contribution is -2.20. The van der Waals surface area contributed by atoms with Crippen molar-refractivity contribution in [1.82, 2.24) is 5.16 Å². The van der Waals surface area contributed by atoms with Gasteiger partial charge in [-0.2, -0.15) is 0 Å². The van der Waals surface area contributed by atoms with Gasteiger partial charge in [0.2, 0.25) is 0 Å². The SMILES string of the molecule is Cc1cc(NC(=O)COc2ccc(OCc3ccccc3)cc2)no1. The highest BCUT2D eigenvalue weighted by molar-refractivity contribution is 5.90. The van der Waals surface area contributed by atoms with Crippen LogP contribution < -0.4 is 14.8 Å². The van der Waals surface area contributed by atoms with Crippen LogP contribution in [-0.2, 0) is 11.4 Å². The molecule has 0 radical (unpaired) electrons. The fourth-order valence-corrected chi connectivity index (χ4v) is 2.13. The first-order chi connectivity index (χ1) is 12.2. The zero-order valence-corrected chi connectivity index (χ0v) is 13.8. The van der Waals surface area contributed by atoms with Gasteiger partial charge >= 0.3 is 0 Å². The maximum atomic E-state index is 11.8. The van der Waals surface area contributed by atoms with Gasteiger partial charge < -0.3 is 19.3 Å². The maximum absolute atomic E-state index is 11.8. The summed E-state index contributed by atoms with van der Waals surface area (Å²) in [6.45, 7) is 2.14. The largest absolute Gasteiger partial charge is 0.489 e. The molecule has 0 fully saturated rings. The minimum atomic E-state index is -0.308. The van der Waals surface area contributed by atoms with Crippen molar-refractivity contribution in [3.63, 3.8) is 0 Å². The molecule has 0 saturated carbocycles. The summed E-state index contributed by atoms with van der Waals surface area (Å²) in [6.07, 6.45) is 0. The summed E-state index contributed by atoms with van der Waals surface area (Å²) in [6, 6.07) is 18.7. The third-order valence-electron chi connectivity index (χ3n) is 3.34. The number of nitrogens with zero attached hydrogens (tertiary/aromatic N) is 1. The average molecular weight is 338 g/mol. The molecule has 3 aromatic rings. The van der Waals surface area contributed by atoms with Crippen molar-refractivity contribution in [2.45, 2.75) is 13.5 Å². The van der Waals surface area contributed by atoms with Crippen molar-refractivity contribution in [3.8, 4) is 11.5 Å². The van der Waals surface area contributed by atoms with E-state index >= 15 is 0 Å². The molecule has 25 heavy (non-hydrogen) atoms. The van der Waals surface area contributed by atoms with Crippen LogP contribution in [0.4, 0.5) is 5.82 Å². The van der Waals surface area contributed by atoms with Crippen LogP contribution in [-0.4, -0.2) is 17.7 Å². The Labute approximate surface area is 145 Å². The fraction of sp³-hybridized carbons (Fsp3) is 0.158. The number of aryl methyl sites for hydroxylation is 1. The van der Waals surface area contributed by atoms with Crippen LogP contribution in [0.25, 0.3) is 0 Å². The first-order valence-electron chi connectivity index (χ1n) is 7.82. The Bertz CT molecular complexity index is 813. The molecule has 0 aliphatic heterocycles. The second-order valence-electron chi connectivity index (χ2n) is 5.41. The van der Waals surface area contributed by atoms with Gasteiger partial charge in [0, 0.05) is 6.07 Å². The highest BCUT2D eigenvalue weighted by Gasteiger charge is 2.07. The topological polar surface area (TPSA) is 73.6 Å². The number of benzene rings is 2. The normalized spacial score (nSPS) is 10.3. The summed E-state index contributed by atoms with van der Waals surface area (Å²) in [5, 5.41) is 6.28. The van der Waals surface area contributed by atoms with Crippen molar-refractivity contribution in [2.75, 3.05) is 11.9 Å². The van der Waals surface area contributed by atoms with Gasteiger partial charge in [-0.05, 0) is 36.8 Å². The van der Waals surface area contributed by atoms with E-state index in [2.05, 4.69) is 10.5 Å². The van der Waals surface area contributed by atoms with E-state index in [-0.39, 0.29) is 12.5 Å². The second kappa shape index (κ2) is 8.01. The summed E-state index contributed by atoms with van der Waals surface area (Å²) >= 11 is 0. The molecule has 0 unspecified atom stereocenters. The number of amides is 1. The van der Waals surface area contributed by atoms with Gasteiger partial charge in [0.25, 0.3) is 5.91 Å². The maximum Gasteiger partial charge on any atom is 0.263 e. The zero-order valence-electron chi connectivity index (χ0n) is 13.8. The number of carbonyl (C=O) groups excluding carboxylic acids is 1. The Kier molecular flexibility index (Phi) is 5.31. The molecule has 1 amide bonds. The van der Waals surface area contributed by atoms with Gasteiger partial charge in [-0.15, -0.1) is 0 Å². The molecule has 6 heteroatoms. The minimum absolute atomic E-state index is 0.115. The van der Waals surface area contributed by atoms with Crippen LogP contribution in [0, 0.1) is 6.92 Å². The third kappa shape index (κ3) is 5.10. The highest BCUT2D eigenvalue weighted by atomic mass is 16.5. The van der Waals surface area contributed by atoms with Crippen LogP contribution in [0.2, 0.25) is 0 Å².